The summed E-state index contributed by atoms with van der Waals surface area (Å²) in [6.07, 6.45) is 0. The van der Waals surface area contributed by atoms with Gasteiger partial charge in [-0.05, 0) is 42.3 Å². The fourth-order valence-corrected chi connectivity index (χ4v) is 1.75. The molecule has 0 amide bonds. The molecule has 4 heteroatoms. The van der Waals surface area contributed by atoms with Gasteiger partial charge in [0.2, 0.25) is 0 Å². The summed E-state index contributed by atoms with van der Waals surface area (Å²) in [5.74, 6) is -0.592. The predicted molar refractivity (Wildman–Crippen MR) is 69.7 cm³/mol. The monoisotopic (exact) mass is 263 g/mol. The van der Waals surface area contributed by atoms with Crippen LogP contribution in [0.1, 0.15) is 24.1 Å². The average Bonchev–Trinajstić information content (AvgIpc) is 2.35. The van der Waals surface area contributed by atoms with E-state index in [-0.39, 0.29) is 12.6 Å². The predicted octanol–water partition coefficient (Wildman–Crippen LogP) is 3.56. The lowest BCUT2D eigenvalue weighted by Crippen LogP contribution is -2.05. The minimum absolute atomic E-state index is 0.0878. The van der Waals surface area contributed by atoms with Crippen molar-refractivity contribution in [2.45, 2.75) is 19.6 Å². The Morgan fingerprint density at radius 2 is 1.79 bits per heavy atom. The number of benzene rings is 2. The molecule has 0 saturated carbocycles. The fourth-order valence-electron chi connectivity index (χ4n) is 1.75. The first-order valence-corrected chi connectivity index (χ1v) is 5.98. The molecule has 0 heterocycles. The van der Waals surface area contributed by atoms with Crippen LogP contribution in [0.5, 0.6) is 5.75 Å². The first-order valence-electron chi connectivity index (χ1n) is 5.98. The van der Waals surface area contributed by atoms with Gasteiger partial charge in [-0.3, -0.25) is 0 Å². The van der Waals surface area contributed by atoms with Gasteiger partial charge in [0.25, 0.3) is 0 Å². The van der Waals surface area contributed by atoms with Gasteiger partial charge in [0.15, 0.2) is 0 Å². The number of hydrogen-bond donors (Lipinski definition) is 1. The highest BCUT2D eigenvalue weighted by Crippen LogP contribution is 2.19. The number of nitrogens with two attached hydrogens (primary N) is 1. The second kappa shape index (κ2) is 5.80. The summed E-state index contributed by atoms with van der Waals surface area (Å²) in [6.45, 7) is 1.98. The zero-order chi connectivity index (χ0) is 13.8. The zero-order valence-electron chi connectivity index (χ0n) is 10.6. The van der Waals surface area contributed by atoms with Crippen molar-refractivity contribution in [3.63, 3.8) is 0 Å². The topological polar surface area (TPSA) is 35.2 Å². The number of hydrogen-bond acceptors (Lipinski definition) is 2. The largest absolute Gasteiger partial charge is 0.489 e. The quantitative estimate of drug-likeness (QED) is 0.915. The SMILES string of the molecule is C[C@H](N)c1cccc(OCc2cc(F)cc(F)c2)c1. The van der Waals surface area contributed by atoms with Crippen LogP contribution in [0.15, 0.2) is 42.5 Å². The molecule has 0 spiro atoms. The van der Waals surface area contributed by atoms with E-state index in [4.69, 9.17) is 10.5 Å². The Labute approximate surface area is 110 Å². The molecular formula is C15H15F2NO. The van der Waals surface area contributed by atoms with E-state index in [0.717, 1.165) is 11.6 Å². The summed E-state index contributed by atoms with van der Waals surface area (Å²) in [5.41, 5.74) is 7.17. The normalized spacial score (nSPS) is 12.2. The van der Waals surface area contributed by atoms with Crippen LogP contribution in [0.3, 0.4) is 0 Å². The maximum absolute atomic E-state index is 13.0. The van der Waals surface area contributed by atoms with Gasteiger partial charge in [-0.15, -0.1) is 0 Å². The Hall–Kier alpha value is -1.94. The highest BCUT2D eigenvalue weighted by Gasteiger charge is 2.04. The molecule has 2 aromatic rings. The minimum atomic E-state index is -0.608. The van der Waals surface area contributed by atoms with Gasteiger partial charge in [-0.25, -0.2) is 8.78 Å². The van der Waals surface area contributed by atoms with Crippen molar-refractivity contribution in [3.05, 3.63) is 65.2 Å². The molecule has 19 heavy (non-hydrogen) atoms. The Morgan fingerprint density at radius 3 is 2.42 bits per heavy atom. The van der Waals surface area contributed by atoms with Crippen molar-refractivity contribution < 1.29 is 13.5 Å². The number of halogens is 2. The van der Waals surface area contributed by atoms with Gasteiger partial charge in [0.05, 0.1) is 0 Å². The molecule has 0 aliphatic heterocycles. The van der Waals surface area contributed by atoms with Crippen molar-refractivity contribution >= 4 is 0 Å². The van der Waals surface area contributed by atoms with Crippen LogP contribution >= 0.6 is 0 Å². The van der Waals surface area contributed by atoms with Crippen LogP contribution in [0, 0.1) is 11.6 Å². The summed E-state index contributed by atoms with van der Waals surface area (Å²) in [5, 5.41) is 0. The minimum Gasteiger partial charge on any atom is -0.489 e. The molecule has 0 bridgehead atoms. The molecule has 1 atom stereocenters. The van der Waals surface area contributed by atoms with Crippen molar-refractivity contribution in [3.8, 4) is 5.75 Å². The second-order valence-corrected chi connectivity index (χ2v) is 4.43. The number of ether oxygens (including phenoxy) is 1. The first-order chi connectivity index (χ1) is 9.04. The van der Waals surface area contributed by atoms with E-state index in [9.17, 15) is 8.78 Å². The summed E-state index contributed by atoms with van der Waals surface area (Å²) in [4.78, 5) is 0. The third-order valence-corrected chi connectivity index (χ3v) is 2.71. The number of rotatable bonds is 4. The Kier molecular flexibility index (Phi) is 4.12. The van der Waals surface area contributed by atoms with Gasteiger partial charge in [0, 0.05) is 12.1 Å². The average molecular weight is 263 g/mol. The molecule has 0 unspecified atom stereocenters. The molecule has 0 fully saturated rings. The fraction of sp³-hybridized carbons (Fsp3) is 0.200. The summed E-state index contributed by atoms with van der Waals surface area (Å²) in [6, 6.07) is 10.6. The first kappa shape index (κ1) is 13.5. The summed E-state index contributed by atoms with van der Waals surface area (Å²) < 4.78 is 31.5. The van der Waals surface area contributed by atoms with E-state index in [1.54, 1.807) is 6.07 Å². The summed E-state index contributed by atoms with van der Waals surface area (Å²) >= 11 is 0. The lowest BCUT2D eigenvalue weighted by Gasteiger charge is -2.10. The highest BCUT2D eigenvalue weighted by atomic mass is 19.1. The second-order valence-electron chi connectivity index (χ2n) is 4.43. The van der Waals surface area contributed by atoms with E-state index < -0.39 is 11.6 Å². The maximum Gasteiger partial charge on any atom is 0.126 e. The van der Waals surface area contributed by atoms with Crippen LogP contribution in [0.4, 0.5) is 8.78 Å². The molecule has 2 nitrogen and oxygen atoms in total. The van der Waals surface area contributed by atoms with Crippen LogP contribution in [0.25, 0.3) is 0 Å². The third kappa shape index (κ3) is 3.76. The van der Waals surface area contributed by atoms with E-state index in [0.29, 0.717) is 11.3 Å². The molecule has 0 aliphatic rings. The zero-order valence-corrected chi connectivity index (χ0v) is 10.6. The lowest BCUT2D eigenvalue weighted by molar-refractivity contribution is 0.304. The smallest absolute Gasteiger partial charge is 0.126 e. The van der Waals surface area contributed by atoms with Gasteiger partial charge in [-0.2, -0.15) is 0 Å². The van der Waals surface area contributed by atoms with Gasteiger partial charge < -0.3 is 10.5 Å². The van der Waals surface area contributed by atoms with E-state index in [1.165, 1.54) is 12.1 Å². The van der Waals surface area contributed by atoms with Crippen LogP contribution in [-0.4, -0.2) is 0 Å². The Bertz CT molecular complexity index is 550. The van der Waals surface area contributed by atoms with E-state index in [2.05, 4.69) is 0 Å². The molecule has 0 radical (unpaired) electrons. The van der Waals surface area contributed by atoms with Crippen LogP contribution < -0.4 is 10.5 Å². The summed E-state index contributed by atoms with van der Waals surface area (Å²) in [7, 11) is 0. The molecule has 100 valence electrons. The molecule has 0 aliphatic carbocycles. The van der Waals surface area contributed by atoms with Crippen LogP contribution in [0.2, 0.25) is 0 Å². The molecule has 2 aromatic carbocycles. The van der Waals surface area contributed by atoms with E-state index in [1.807, 2.05) is 25.1 Å². The van der Waals surface area contributed by atoms with Crippen LogP contribution in [-0.2, 0) is 6.61 Å². The third-order valence-electron chi connectivity index (χ3n) is 2.71. The Balaban J connectivity index is 2.07. The molecule has 0 saturated heterocycles. The molecule has 0 aromatic heterocycles. The maximum atomic E-state index is 13.0. The standard InChI is InChI=1S/C15H15F2NO/c1-10(18)12-3-2-4-15(7-12)19-9-11-5-13(16)8-14(17)6-11/h2-8,10H,9,18H2,1H3/t10-/m0/s1. The van der Waals surface area contributed by atoms with Crippen molar-refractivity contribution in [2.24, 2.45) is 5.73 Å². The highest BCUT2D eigenvalue weighted by molar-refractivity contribution is 5.30. The van der Waals surface area contributed by atoms with Gasteiger partial charge >= 0.3 is 0 Å². The van der Waals surface area contributed by atoms with Crippen molar-refractivity contribution in [1.29, 1.82) is 0 Å². The molecule has 2 rings (SSSR count). The van der Waals surface area contributed by atoms with Gasteiger partial charge in [-0.1, -0.05) is 12.1 Å². The molecular weight excluding hydrogens is 248 g/mol. The lowest BCUT2D eigenvalue weighted by atomic mass is 10.1. The molecule has 2 N–H and O–H groups in total. The van der Waals surface area contributed by atoms with E-state index >= 15 is 0 Å². The van der Waals surface area contributed by atoms with Gasteiger partial charge in [0.1, 0.15) is 24.0 Å². The Morgan fingerprint density at radius 1 is 1.11 bits per heavy atom. The van der Waals surface area contributed by atoms with Crippen molar-refractivity contribution in [1.82, 2.24) is 0 Å². The van der Waals surface area contributed by atoms with Crippen molar-refractivity contribution in [2.75, 3.05) is 0 Å².